The maximum atomic E-state index is 9.59. The largest absolute Gasteiger partial charge is 0.396 e. The molecule has 106 valence electrons. The van der Waals surface area contributed by atoms with E-state index in [0.29, 0.717) is 16.5 Å². The van der Waals surface area contributed by atoms with Gasteiger partial charge in [-0.1, -0.05) is 51.3 Å². The number of hydrogen-bond donors (Lipinski definition) is 1. The molecule has 0 radical (unpaired) electrons. The van der Waals surface area contributed by atoms with E-state index in [1.807, 2.05) is 18.2 Å². The van der Waals surface area contributed by atoms with Gasteiger partial charge < -0.3 is 5.11 Å². The predicted octanol–water partition coefficient (Wildman–Crippen LogP) is 5.15. The molecule has 0 saturated carbocycles. The Bertz CT molecular complexity index is 586. The van der Waals surface area contributed by atoms with E-state index in [1.165, 1.54) is 5.56 Å². The highest BCUT2D eigenvalue weighted by Crippen LogP contribution is 2.25. The van der Waals surface area contributed by atoms with Gasteiger partial charge in [0, 0.05) is 21.1 Å². The van der Waals surface area contributed by atoms with Crippen LogP contribution in [0.4, 0.5) is 0 Å². The predicted molar refractivity (Wildman–Crippen MR) is 88.6 cm³/mol. The van der Waals surface area contributed by atoms with Crippen LogP contribution in [0.3, 0.4) is 0 Å². The van der Waals surface area contributed by atoms with Crippen LogP contribution in [0.15, 0.2) is 46.9 Å². The molecule has 1 nitrogen and oxygen atoms in total. The van der Waals surface area contributed by atoms with Crippen molar-refractivity contribution >= 4 is 39.1 Å². The fraction of sp³-hybridized carbons (Fsp3) is 0.250. The van der Waals surface area contributed by atoms with Gasteiger partial charge in [0.05, 0.1) is 0 Å². The lowest BCUT2D eigenvalue weighted by Gasteiger charge is -2.15. The van der Waals surface area contributed by atoms with E-state index in [0.717, 1.165) is 16.5 Å². The summed E-state index contributed by atoms with van der Waals surface area (Å²) in [5.74, 6) is 0.125. The van der Waals surface area contributed by atoms with E-state index in [2.05, 4.69) is 28.1 Å². The molecule has 2 aromatic carbocycles. The molecule has 0 spiro atoms. The van der Waals surface area contributed by atoms with Gasteiger partial charge in [0.25, 0.3) is 0 Å². The standard InChI is InChI=1S/C16H15BrCl2O/c17-14-3-1-2-11(8-14)6-12(10-20)7-13-9-15(18)4-5-16(13)19/h1-5,8-9,12,20H,6-7,10H2. The Morgan fingerprint density at radius 1 is 1.05 bits per heavy atom. The minimum Gasteiger partial charge on any atom is -0.396 e. The SMILES string of the molecule is OCC(Cc1cccc(Br)c1)Cc1cc(Cl)ccc1Cl. The molecule has 2 rings (SSSR count). The Kier molecular flexibility index (Phi) is 5.91. The van der Waals surface area contributed by atoms with E-state index in [-0.39, 0.29) is 12.5 Å². The third-order valence-corrected chi connectivity index (χ3v) is 4.29. The van der Waals surface area contributed by atoms with Crippen molar-refractivity contribution < 1.29 is 5.11 Å². The van der Waals surface area contributed by atoms with E-state index >= 15 is 0 Å². The topological polar surface area (TPSA) is 20.2 Å². The summed E-state index contributed by atoms with van der Waals surface area (Å²) in [6.07, 6.45) is 1.52. The molecule has 1 atom stereocenters. The van der Waals surface area contributed by atoms with Crippen molar-refractivity contribution in [3.05, 3.63) is 68.1 Å². The molecule has 0 amide bonds. The number of halogens is 3. The molecule has 0 fully saturated rings. The number of hydrogen-bond acceptors (Lipinski definition) is 1. The molecule has 0 aromatic heterocycles. The van der Waals surface area contributed by atoms with Crippen molar-refractivity contribution in [3.8, 4) is 0 Å². The fourth-order valence-electron chi connectivity index (χ4n) is 2.21. The number of aliphatic hydroxyl groups is 1. The fourth-order valence-corrected chi connectivity index (χ4v) is 3.05. The van der Waals surface area contributed by atoms with Crippen molar-refractivity contribution in [3.63, 3.8) is 0 Å². The first kappa shape index (κ1) is 15.8. The van der Waals surface area contributed by atoms with Crippen LogP contribution in [0.25, 0.3) is 0 Å². The molecule has 1 N–H and O–H groups in total. The second kappa shape index (κ2) is 7.46. The molecule has 2 aromatic rings. The zero-order valence-electron chi connectivity index (χ0n) is 10.8. The van der Waals surface area contributed by atoms with Crippen LogP contribution in [0.2, 0.25) is 10.0 Å². The third-order valence-electron chi connectivity index (χ3n) is 3.19. The maximum Gasteiger partial charge on any atom is 0.0465 e. The van der Waals surface area contributed by atoms with Crippen LogP contribution in [0, 0.1) is 5.92 Å². The highest BCUT2D eigenvalue weighted by molar-refractivity contribution is 9.10. The zero-order chi connectivity index (χ0) is 14.5. The molecular formula is C16H15BrCl2O. The van der Waals surface area contributed by atoms with Gasteiger partial charge in [-0.05, 0) is 60.2 Å². The lowest BCUT2D eigenvalue weighted by Crippen LogP contribution is -2.13. The maximum absolute atomic E-state index is 9.59. The van der Waals surface area contributed by atoms with Gasteiger partial charge in [-0.25, -0.2) is 0 Å². The first-order valence-electron chi connectivity index (χ1n) is 6.37. The van der Waals surface area contributed by atoms with E-state index < -0.39 is 0 Å². The molecule has 0 bridgehead atoms. The second-order valence-corrected chi connectivity index (χ2v) is 6.58. The number of rotatable bonds is 5. The lowest BCUT2D eigenvalue weighted by molar-refractivity contribution is 0.225. The summed E-state index contributed by atoms with van der Waals surface area (Å²) in [6.45, 7) is 0.120. The van der Waals surface area contributed by atoms with Gasteiger partial charge in [-0.2, -0.15) is 0 Å². The number of aliphatic hydroxyl groups excluding tert-OH is 1. The van der Waals surface area contributed by atoms with Crippen molar-refractivity contribution in [1.29, 1.82) is 0 Å². The summed E-state index contributed by atoms with van der Waals surface area (Å²) in [5.41, 5.74) is 2.17. The molecular weight excluding hydrogens is 359 g/mol. The highest BCUT2D eigenvalue weighted by atomic mass is 79.9. The summed E-state index contributed by atoms with van der Waals surface area (Å²) in [6, 6.07) is 13.6. The van der Waals surface area contributed by atoms with Gasteiger partial charge in [0.15, 0.2) is 0 Å². The van der Waals surface area contributed by atoms with E-state index in [9.17, 15) is 5.11 Å². The molecule has 0 saturated heterocycles. The number of benzene rings is 2. The first-order chi connectivity index (χ1) is 9.58. The molecule has 0 aliphatic carbocycles. The van der Waals surface area contributed by atoms with Crippen molar-refractivity contribution in [2.75, 3.05) is 6.61 Å². The van der Waals surface area contributed by atoms with Crippen LogP contribution in [0.1, 0.15) is 11.1 Å². The van der Waals surface area contributed by atoms with Crippen LogP contribution >= 0.6 is 39.1 Å². The quantitative estimate of drug-likeness (QED) is 0.768. The Balaban J connectivity index is 2.11. The second-order valence-electron chi connectivity index (χ2n) is 4.82. The van der Waals surface area contributed by atoms with Crippen LogP contribution < -0.4 is 0 Å². The van der Waals surface area contributed by atoms with Gasteiger partial charge in [0.2, 0.25) is 0 Å². The monoisotopic (exact) mass is 372 g/mol. The van der Waals surface area contributed by atoms with Gasteiger partial charge in [-0.3, -0.25) is 0 Å². The van der Waals surface area contributed by atoms with Crippen LogP contribution in [-0.4, -0.2) is 11.7 Å². The average molecular weight is 374 g/mol. The Morgan fingerprint density at radius 2 is 1.85 bits per heavy atom. The first-order valence-corrected chi connectivity index (χ1v) is 7.92. The lowest BCUT2D eigenvalue weighted by atomic mass is 9.93. The Hall–Kier alpha value is -0.540. The smallest absolute Gasteiger partial charge is 0.0465 e. The van der Waals surface area contributed by atoms with Crippen LogP contribution in [-0.2, 0) is 12.8 Å². The normalized spacial score (nSPS) is 12.4. The Labute approximate surface area is 137 Å². The zero-order valence-corrected chi connectivity index (χ0v) is 13.9. The van der Waals surface area contributed by atoms with Crippen molar-refractivity contribution in [1.82, 2.24) is 0 Å². The molecule has 4 heteroatoms. The van der Waals surface area contributed by atoms with Gasteiger partial charge in [-0.15, -0.1) is 0 Å². The Morgan fingerprint density at radius 3 is 2.55 bits per heavy atom. The van der Waals surface area contributed by atoms with E-state index in [1.54, 1.807) is 12.1 Å². The van der Waals surface area contributed by atoms with Gasteiger partial charge >= 0.3 is 0 Å². The highest BCUT2D eigenvalue weighted by Gasteiger charge is 2.12. The van der Waals surface area contributed by atoms with E-state index in [4.69, 9.17) is 23.2 Å². The molecule has 1 unspecified atom stereocenters. The van der Waals surface area contributed by atoms with Gasteiger partial charge in [0.1, 0.15) is 0 Å². The summed E-state index contributed by atoms with van der Waals surface area (Å²) in [4.78, 5) is 0. The summed E-state index contributed by atoms with van der Waals surface area (Å²) in [5, 5.41) is 11.0. The minimum absolute atomic E-state index is 0.120. The summed E-state index contributed by atoms with van der Waals surface area (Å²) >= 11 is 15.6. The molecule has 0 aliphatic rings. The third kappa shape index (κ3) is 4.49. The molecule has 0 aliphatic heterocycles. The van der Waals surface area contributed by atoms with Crippen molar-refractivity contribution in [2.24, 2.45) is 5.92 Å². The molecule has 20 heavy (non-hydrogen) atoms. The van der Waals surface area contributed by atoms with Crippen molar-refractivity contribution in [2.45, 2.75) is 12.8 Å². The average Bonchev–Trinajstić information content (AvgIpc) is 2.42. The summed E-state index contributed by atoms with van der Waals surface area (Å²) in [7, 11) is 0. The minimum atomic E-state index is 0.120. The van der Waals surface area contributed by atoms with Crippen LogP contribution in [0.5, 0.6) is 0 Å². The summed E-state index contributed by atoms with van der Waals surface area (Å²) < 4.78 is 1.05. The molecule has 0 heterocycles.